The molecular formula is C13H16O3S. The molecule has 92 valence electrons. The van der Waals surface area contributed by atoms with Crippen molar-refractivity contribution in [1.29, 1.82) is 0 Å². The van der Waals surface area contributed by atoms with Gasteiger partial charge in [0.1, 0.15) is 11.5 Å². The van der Waals surface area contributed by atoms with Crippen LogP contribution in [0.4, 0.5) is 0 Å². The number of aryl methyl sites for hydroxylation is 1. The summed E-state index contributed by atoms with van der Waals surface area (Å²) in [7, 11) is -3.50. The van der Waals surface area contributed by atoms with Gasteiger partial charge < -0.3 is 0 Å². The third-order valence-corrected chi connectivity index (χ3v) is 4.00. The molecule has 0 bridgehead atoms. The molecule has 3 nitrogen and oxygen atoms in total. The summed E-state index contributed by atoms with van der Waals surface area (Å²) in [5, 5.41) is 0. The monoisotopic (exact) mass is 252 g/mol. The number of ketones is 1. The lowest BCUT2D eigenvalue weighted by Crippen LogP contribution is -2.16. The summed E-state index contributed by atoms with van der Waals surface area (Å²) in [6.07, 6.45) is 2.36. The van der Waals surface area contributed by atoms with E-state index in [2.05, 4.69) is 6.58 Å². The van der Waals surface area contributed by atoms with E-state index in [0.717, 1.165) is 5.56 Å². The zero-order valence-corrected chi connectivity index (χ0v) is 10.7. The van der Waals surface area contributed by atoms with Crippen LogP contribution < -0.4 is 0 Å². The van der Waals surface area contributed by atoms with Gasteiger partial charge in [0, 0.05) is 6.42 Å². The van der Waals surface area contributed by atoms with Crippen molar-refractivity contribution in [2.45, 2.75) is 24.7 Å². The fraction of sp³-hybridized carbons (Fsp3) is 0.308. The molecule has 0 heterocycles. The van der Waals surface area contributed by atoms with Crippen LogP contribution >= 0.6 is 0 Å². The first kappa shape index (κ1) is 13.6. The van der Waals surface area contributed by atoms with Gasteiger partial charge in [0.15, 0.2) is 9.84 Å². The molecule has 1 rings (SSSR count). The minimum absolute atomic E-state index is 0.212. The summed E-state index contributed by atoms with van der Waals surface area (Å²) in [4.78, 5) is 11.7. The second-order valence-corrected chi connectivity index (χ2v) is 5.93. The van der Waals surface area contributed by atoms with Crippen molar-refractivity contribution < 1.29 is 13.2 Å². The van der Waals surface area contributed by atoms with E-state index >= 15 is 0 Å². The molecule has 0 aliphatic rings. The number of benzene rings is 1. The Hall–Kier alpha value is -1.42. The fourth-order valence-electron chi connectivity index (χ4n) is 1.44. The van der Waals surface area contributed by atoms with Crippen LogP contribution in [0, 0.1) is 6.92 Å². The topological polar surface area (TPSA) is 51.2 Å². The summed E-state index contributed by atoms with van der Waals surface area (Å²) >= 11 is 0. The van der Waals surface area contributed by atoms with E-state index in [1.165, 1.54) is 6.07 Å². The van der Waals surface area contributed by atoms with Crippen LogP contribution in [0.2, 0.25) is 0 Å². The third kappa shape index (κ3) is 4.15. The van der Waals surface area contributed by atoms with Gasteiger partial charge in [-0.05, 0) is 31.0 Å². The number of carbonyl (C=O) groups excluding carboxylic acids is 1. The minimum atomic E-state index is -3.50. The van der Waals surface area contributed by atoms with Crippen LogP contribution in [0.1, 0.15) is 18.4 Å². The molecule has 0 aliphatic heterocycles. The molecule has 0 spiro atoms. The Morgan fingerprint density at radius 3 is 2.71 bits per heavy atom. The zero-order valence-electron chi connectivity index (χ0n) is 9.85. The largest absolute Gasteiger partial charge is 0.299 e. The predicted octanol–water partition coefficient (Wildman–Crippen LogP) is 2.30. The van der Waals surface area contributed by atoms with Gasteiger partial charge >= 0.3 is 0 Å². The Kier molecular flexibility index (Phi) is 4.63. The number of carbonyl (C=O) groups is 1. The lowest BCUT2D eigenvalue weighted by molar-refractivity contribution is -0.116. The highest BCUT2D eigenvalue weighted by Gasteiger charge is 2.18. The van der Waals surface area contributed by atoms with Gasteiger partial charge in [0.2, 0.25) is 0 Å². The standard InChI is InChI=1S/C13H16O3S/c1-3-4-7-12(14)10-17(15,16)13-8-5-6-11(2)9-13/h3,5-6,8-9H,1,4,7,10H2,2H3. The smallest absolute Gasteiger partial charge is 0.185 e. The molecule has 0 amide bonds. The molecule has 0 saturated carbocycles. The Bertz CT molecular complexity index is 515. The highest BCUT2D eigenvalue weighted by molar-refractivity contribution is 7.92. The number of sulfone groups is 1. The molecular weight excluding hydrogens is 236 g/mol. The molecule has 0 radical (unpaired) electrons. The van der Waals surface area contributed by atoms with Crippen molar-refractivity contribution in [3.05, 3.63) is 42.5 Å². The van der Waals surface area contributed by atoms with E-state index < -0.39 is 15.6 Å². The molecule has 0 N–H and O–H groups in total. The van der Waals surface area contributed by atoms with Gasteiger partial charge in [-0.1, -0.05) is 18.2 Å². The van der Waals surface area contributed by atoms with Crippen molar-refractivity contribution >= 4 is 15.6 Å². The van der Waals surface area contributed by atoms with E-state index in [-0.39, 0.29) is 17.1 Å². The minimum Gasteiger partial charge on any atom is -0.299 e. The van der Waals surface area contributed by atoms with Crippen molar-refractivity contribution in [2.24, 2.45) is 0 Å². The molecule has 0 saturated heterocycles. The maximum Gasteiger partial charge on any atom is 0.185 e. The lowest BCUT2D eigenvalue weighted by Gasteiger charge is -2.04. The van der Waals surface area contributed by atoms with Crippen LogP contribution in [-0.4, -0.2) is 20.0 Å². The van der Waals surface area contributed by atoms with Crippen LogP contribution in [0.5, 0.6) is 0 Å². The van der Waals surface area contributed by atoms with Gasteiger partial charge in [-0.2, -0.15) is 0 Å². The number of hydrogen-bond donors (Lipinski definition) is 0. The molecule has 1 aromatic rings. The average Bonchev–Trinajstić information content (AvgIpc) is 2.26. The van der Waals surface area contributed by atoms with E-state index in [0.29, 0.717) is 6.42 Å². The van der Waals surface area contributed by atoms with Gasteiger partial charge in [0.25, 0.3) is 0 Å². The maximum atomic E-state index is 11.9. The summed E-state index contributed by atoms with van der Waals surface area (Å²) < 4.78 is 23.8. The molecule has 0 aliphatic carbocycles. The van der Waals surface area contributed by atoms with Crippen molar-refractivity contribution in [3.8, 4) is 0 Å². The average molecular weight is 252 g/mol. The number of rotatable bonds is 6. The molecule has 0 aromatic heterocycles. The maximum absolute atomic E-state index is 11.9. The number of hydrogen-bond acceptors (Lipinski definition) is 3. The van der Waals surface area contributed by atoms with Crippen molar-refractivity contribution in [2.75, 3.05) is 5.75 Å². The van der Waals surface area contributed by atoms with Crippen LogP contribution in [-0.2, 0) is 14.6 Å². The second kappa shape index (κ2) is 5.77. The van der Waals surface area contributed by atoms with E-state index in [9.17, 15) is 13.2 Å². The molecule has 4 heteroatoms. The van der Waals surface area contributed by atoms with Crippen LogP contribution in [0.3, 0.4) is 0 Å². The molecule has 0 unspecified atom stereocenters. The first-order valence-corrected chi connectivity index (χ1v) is 7.03. The van der Waals surface area contributed by atoms with Crippen LogP contribution in [0.25, 0.3) is 0 Å². The zero-order chi connectivity index (χ0) is 12.9. The Labute approximate surface area is 102 Å². The Morgan fingerprint density at radius 2 is 2.12 bits per heavy atom. The normalized spacial score (nSPS) is 11.1. The quantitative estimate of drug-likeness (QED) is 0.730. The van der Waals surface area contributed by atoms with E-state index in [1.54, 1.807) is 18.2 Å². The summed E-state index contributed by atoms with van der Waals surface area (Å²) in [6.45, 7) is 5.32. The lowest BCUT2D eigenvalue weighted by atomic mass is 10.2. The third-order valence-electron chi connectivity index (χ3n) is 2.33. The Morgan fingerprint density at radius 1 is 1.41 bits per heavy atom. The Balaban J connectivity index is 2.82. The van der Waals surface area contributed by atoms with Crippen molar-refractivity contribution in [1.82, 2.24) is 0 Å². The molecule has 1 aromatic carbocycles. The fourth-order valence-corrected chi connectivity index (χ4v) is 2.83. The summed E-state index contributed by atoms with van der Waals surface area (Å²) in [5.74, 6) is -0.698. The van der Waals surface area contributed by atoms with Crippen LogP contribution in [0.15, 0.2) is 41.8 Å². The second-order valence-electron chi connectivity index (χ2n) is 3.94. The first-order chi connectivity index (χ1) is 7.95. The van der Waals surface area contributed by atoms with Gasteiger partial charge in [0.05, 0.1) is 4.90 Å². The van der Waals surface area contributed by atoms with E-state index in [4.69, 9.17) is 0 Å². The predicted molar refractivity (Wildman–Crippen MR) is 67.7 cm³/mol. The number of Topliss-reactive ketones (excluding diaryl/α,β-unsaturated/α-hetero) is 1. The van der Waals surface area contributed by atoms with Gasteiger partial charge in [-0.3, -0.25) is 4.79 Å². The highest BCUT2D eigenvalue weighted by atomic mass is 32.2. The number of allylic oxidation sites excluding steroid dienone is 1. The summed E-state index contributed by atoms with van der Waals surface area (Å²) in [5.41, 5.74) is 0.865. The SMILES string of the molecule is C=CCCC(=O)CS(=O)(=O)c1cccc(C)c1. The van der Waals surface area contributed by atoms with Crippen molar-refractivity contribution in [3.63, 3.8) is 0 Å². The molecule has 0 atom stereocenters. The summed E-state index contributed by atoms with van der Waals surface area (Å²) in [6, 6.07) is 6.59. The molecule has 17 heavy (non-hydrogen) atoms. The molecule has 0 fully saturated rings. The van der Waals surface area contributed by atoms with Gasteiger partial charge in [-0.15, -0.1) is 6.58 Å². The first-order valence-electron chi connectivity index (χ1n) is 5.38. The highest BCUT2D eigenvalue weighted by Crippen LogP contribution is 2.13. The van der Waals surface area contributed by atoms with E-state index in [1.807, 2.05) is 13.0 Å². The van der Waals surface area contributed by atoms with Gasteiger partial charge in [-0.25, -0.2) is 8.42 Å².